The largest absolute Gasteiger partial charge is 0.492 e. The van der Waals surface area contributed by atoms with E-state index < -0.39 is 0 Å². The minimum absolute atomic E-state index is 0.0271. The summed E-state index contributed by atoms with van der Waals surface area (Å²) in [5.41, 5.74) is 3.21. The third kappa shape index (κ3) is 6.15. The number of aryl methyl sites for hydroxylation is 1. The number of carbonyl (C=O) groups excluding carboxylic acids is 2. The maximum Gasteiger partial charge on any atom is 0.251 e. The molecule has 7 nitrogen and oxygen atoms in total. The molecule has 7 heteroatoms. The van der Waals surface area contributed by atoms with E-state index >= 15 is 0 Å². The molecule has 0 atom stereocenters. The van der Waals surface area contributed by atoms with Crippen molar-refractivity contribution < 1.29 is 19.1 Å². The lowest BCUT2D eigenvalue weighted by molar-refractivity contribution is -0.117. The first-order valence-corrected chi connectivity index (χ1v) is 10.5. The van der Waals surface area contributed by atoms with Gasteiger partial charge in [-0.05, 0) is 30.0 Å². The number of likely N-dealkylation sites (N-methyl/N-ethyl adjacent to an activating group) is 1. The first kappa shape index (κ1) is 22.5. The number of benzene rings is 1. The van der Waals surface area contributed by atoms with E-state index in [-0.39, 0.29) is 11.8 Å². The Kier molecular flexibility index (Phi) is 8.18. The molecule has 2 N–H and O–H groups in total. The topological polar surface area (TPSA) is 89.6 Å². The molecular formula is C24H29N3O4. The summed E-state index contributed by atoms with van der Waals surface area (Å²) in [6.45, 7) is 0.974. The highest BCUT2D eigenvalue weighted by Crippen LogP contribution is 2.28. The highest BCUT2D eigenvalue weighted by molar-refractivity contribution is 6.00. The van der Waals surface area contributed by atoms with Gasteiger partial charge in [0.25, 0.3) is 5.91 Å². The molecule has 0 saturated carbocycles. The normalized spacial score (nSPS) is 14.1. The fourth-order valence-corrected chi connectivity index (χ4v) is 3.51. The van der Waals surface area contributed by atoms with Crippen molar-refractivity contribution in [3.63, 3.8) is 0 Å². The monoisotopic (exact) mass is 423 g/mol. The van der Waals surface area contributed by atoms with E-state index in [2.05, 4.69) is 15.6 Å². The van der Waals surface area contributed by atoms with Crippen LogP contribution in [-0.2, 0) is 31.9 Å². The maximum atomic E-state index is 12.9. The number of carbonyl (C=O) groups is 2. The number of ether oxygens (including phenoxy) is 2. The fourth-order valence-electron chi connectivity index (χ4n) is 3.51. The number of hydrogen-bond acceptors (Lipinski definition) is 5. The van der Waals surface area contributed by atoms with Crippen LogP contribution in [0.25, 0.3) is 5.76 Å². The summed E-state index contributed by atoms with van der Waals surface area (Å²) < 4.78 is 11.3. The Balaban J connectivity index is 2.03. The van der Waals surface area contributed by atoms with Crippen molar-refractivity contribution in [3.05, 3.63) is 64.9 Å². The van der Waals surface area contributed by atoms with Gasteiger partial charge in [-0.1, -0.05) is 30.3 Å². The number of anilines is 1. The molecule has 0 spiro atoms. The summed E-state index contributed by atoms with van der Waals surface area (Å²) in [6, 6.07) is 11.8. The molecule has 2 heterocycles. The number of methoxy groups -OCH3 is 1. The molecular weight excluding hydrogens is 394 g/mol. The SMILES string of the molecule is CNC(=O)C(Cc1ccccc1)=C(OCCCOC)c1cnc2c(c1)CCCC(=O)N2. The lowest BCUT2D eigenvalue weighted by Crippen LogP contribution is -2.23. The molecule has 3 rings (SSSR count). The van der Waals surface area contributed by atoms with E-state index in [1.165, 1.54) is 0 Å². The first-order chi connectivity index (χ1) is 15.1. The summed E-state index contributed by atoms with van der Waals surface area (Å²) in [5.74, 6) is 0.856. The molecule has 0 unspecified atom stereocenters. The Morgan fingerprint density at radius 3 is 2.74 bits per heavy atom. The van der Waals surface area contributed by atoms with Gasteiger partial charge >= 0.3 is 0 Å². The van der Waals surface area contributed by atoms with Crippen molar-refractivity contribution in [2.45, 2.75) is 32.1 Å². The van der Waals surface area contributed by atoms with Gasteiger partial charge in [0, 0.05) is 51.8 Å². The van der Waals surface area contributed by atoms with Crippen molar-refractivity contribution >= 4 is 23.4 Å². The van der Waals surface area contributed by atoms with Crippen molar-refractivity contribution in [2.75, 3.05) is 32.7 Å². The fraction of sp³-hybridized carbons (Fsp3) is 0.375. The second kappa shape index (κ2) is 11.3. The lowest BCUT2D eigenvalue weighted by Gasteiger charge is -2.18. The molecule has 164 valence electrons. The average molecular weight is 424 g/mol. The zero-order valence-electron chi connectivity index (χ0n) is 18.1. The van der Waals surface area contributed by atoms with Gasteiger partial charge in [0.2, 0.25) is 5.91 Å². The Hall–Kier alpha value is -3.19. The van der Waals surface area contributed by atoms with Gasteiger partial charge in [0.15, 0.2) is 0 Å². The molecule has 0 saturated heterocycles. The second-order valence-corrected chi connectivity index (χ2v) is 7.38. The molecule has 1 aromatic carbocycles. The van der Waals surface area contributed by atoms with Crippen molar-refractivity contribution in [3.8, 4) is 0 Å². The molecule has 1 aliphatic rings. The summed E-state index contributed by atoms with van der Waals surface area (Å²) in [6.07, 6.45) is 4.74. The van der Waals surface area contributed by atoms with Crippen LogP contribution < -0.4 is 10.6 Å². The van der Waals surface area contributed by atoms with E-state index in [1.807, 2.05) is 36.4 Å². The summed E-state index contributed by atoms with van der Waals surface area (Å²) in [7, 11) is 3.26. The standard InChI is InChI=1S/C24H29N3O4/c1-25-24(29)20(14-17-8-4-3-5-9-17)22(31-13-7-12-30-2)19-15-18-10-6-11-21(28)27-23(18)26-16-19/h3-5,8-9,15-16H,6-7,10-14H2,1-2H3,(H,25,29)(H,26,27,28). The van der Waals surface area contributed by atoms with E-state index in [0.29, 0.717) is 49.6 Å². The van der Waals surface area contributed by atoms with Crippen molar-refractivity contribution in [2.24, 2.45) is 0 Å². The number of fused-ring (bicyclic) bond motifs is 1. The number of nitrogens with one attached hydrogen (secondary N) is 2. The van der Waals surface area contributed by atoms with Crippen LogP contribution in [0.2, 0.25) is 0 Å². The molecule has 2 amide bonds. The Morgan fingerprint density at radius 2 is 2.00 bits per heavy atom. The van der Waals surface area contributed by atoms with Crippen LogP contribution in [0.5, 0.6) is 0 Å². The highest BCUT2D eigenvalue weighted by Gasteiger charge is 2.21. The van der Waals surface area contributed by atoms with Gasteiger partial charge in [-0.25, -0.2) is 4.98 Å². The summed E-state index contributed by atoms with van der Waals surface area (Å²) >= 11 is 0. The smallest absolute Gasteiger partial charge is 0.251 e. The van der Waals surface area contributed by atoms with E-state index in [0.717, 1.165) is 29.5 Å². The molecule has 31 heavy (non-hydrogen) atoms. The molecule has 0 radical (unpaired) electrons. The molecule has 2 aromatic rings. The number of hydrogen-bond donors (Lipinski definition) is 2. The molecule has 1 aromatic heterocycles. The van der Waals surface area contributed by atoms with E-state index in [4.69, 9.17) is 9.47 Å². The van der Waals surface area contributed by atoms with Crippen LogP contribution in [0.3, 0.4) is 0 Å². The van der Waals surface area contributed by atoms with Crippen molar-refractivity contribution in [1.29, 1.82) is 0 Å². The van der Waals surface area contributed by atoms with Gasteiger partial charge in [0.1, 0.15) is 11.6 Å². The van der Waals surface area contributed by atoms with Crippen LogP contribution in [0, 0.1) is 0 Å². The quantitative estimate of drug-likeness (QED) is 0.368. The lowest BCUT2D eigenvalue weighted by atomic mass is 9.99. The summed E-state index contributed by atoms with van der Waals surface area (Å²) in [4.78, 5) is 29.2. The third-order valence-electron chi connectivity index (χ3n) is 5.07. The molecule has 1 aliphatic heterocycles. The Labute approximate surface area is 182 Å². The van der Waals surface area contributed by atoms with Crippen LogP contribution >= 0.6 is 0 Å². The van der Waals surface area contributed by atoms with Gasteiger partial charge in [0.05, 0.1) is 12.2 Å². The second-order valence-electron chi connectivity index (χ2n) is 7.38. The zero-order valence-corrected chi connectivity index (χ0v) is 18.1. The minimum atomic E-state index is -0.200. The minimum Gasteiger partial charge on any atom is -0.492 e. The maximum absolute atomic E-state index is 12.9. The van der Waals surface area contributed by atoms with Crippen molar-refractivity contribution in [1.82, 2.24) is 10.3 Å². The third-order valence-corrected chi connectivity index (χ3v) is 5.07. The number of nitrogens with zero attached hydrogens (tertiary/aromatic N) is 1. The Bertz CT molecular complexity index is 941. The van der Waals surface area contributed by atoms with Gasteiger partial charge in [-0.3, -0.25) is 9.59 Å². The molecule has 0 fully saturated rings. The number of pyridine rings is 1. The van der Waals surface area contributed by atoms with Gasteiger partial charge < -0.3 is 20.1 Å². The van der Waals surface area contributed by atoms with Gasteiger partial charge in [-0.2, -0.15) is 0 Å². The predicted octanol–water partition coefficient (Wildman–Crippen LogP) is 3.11. The predicted molar refractivity (Wildman–Crippen MR) is 119 cm³/mol. The zero-order chi connectivity index (χ0) is 22.1. The van der Waals surface area contributed by atoms with Crippen LogP contribution in [0.15, 0.2) is 48.2 Å². The van der Waals surface area contributed by atoms with E-state index in [9.17, 15) is 9.59 Å². The molecule has 0 bridgehead atoms. The number of amides is 2. The highest BCUT2D eigenvalue weighted by atomic mass is 16.5. The van der Waals surface area contributed by atoms with Crippen LogP contribution in [0.1, 0.15) is 36.0 Å². The van der Waals surface area contributed by atoms with Crippen LogP contribution in [0.4, 0.5) is 5.82 Å². The summed E-state index contributed by atoms with van der Waals surface area (Å²) in [5, 5.41) is 5.59. The Morgan fingerprint density at radius 1 is 1.19 bits per heavy atom. The average Bonchev–Trinajstić information content (AvgIpc) is 2.98. The first-order valence-electron chi connectivity index (χ1n) is 10.5. The van der Waals surface area contributed by atoms with Gasteiger partial charge in [-0.15, -0.1) is 0 Å². The number of rotatable bonds is 9. The number of aromatic nitrogens is 1. The van der Waals surface area contributed by atoms with Crippen LogP contribution in [-0.4, -0.2) is 44.2 Å². The molecule has 0 aliphatic carbocycles. The van der Waals surface area contributed by atoms with E-state index in [1.54, 1.807) is 20.4 Å².